The zero-order valence-corrected chi connectivity index (χ0v) is 13.2. The number of nitrogens with one attached hydrogen (secondary N) is 1. The lowest BCUT2D eigenvalue weighted by Crippen LogP contribution is -2.09. The average molecular weight is 350 g/mol. The van der Waals surface area contributed by atoms with E-state index >= 15 is 0 Å². The predicted molar refractivity (Wildman–Crippen MR) is 89.6 cm³/mol. The highest BCUT2D eigenvalue weighted by atomic mass is 79.9. The van der Waals surface area contributed by atoms with Crippen molar-refractivity contribution in [3.05, 3.63) is 64.2 Å². The molecule has 2 aromatic carbocycles. The number of benzene rings is 2. The van der Waals surface area contributed by atoms with Gasteiger partial charge in [-0.3, -0.25) is 0 Å². The molecule has 4 heteroatoms. The van der Waals surface area contributed by atoms with E-state index in [9.17, 15) is 0 Å². The molecule has 0 bridgehead atoms. The Hall–Kier alpha value is -1.45. The SMILES string of the molecule is Clc1ccc(NCCn2ccc3ccc(Br)cc32)cc1. The normalized spacial score (nSPS) is 10.9. The summed E-state index contributed by atoms with van der Waals surface area (Å²) >= 11 is 9.39. The summed E-state index contributed by atoms with van der Waals surface area (Å²) in [6.07, 6.45) is 2.13. The Morgan fingerprint density at radius 2 is 1.85 bits per heavy atom. The summed E-state index contributed by atoms with van der Waals surface area (Å²) in [4.78, 5) is 0. The van der Waals surface area contributed by atoms with Gasteiger partial charge >= 0.3 is 0 Å². The van der Waals surface area contributed by atoms with Gasteiger partial charge in [-0.15, -0.1) is 0 Å². The van der Waals surface area contributed by atoms with Gasteiger partial charge in [-0.2, -0.15) is 0 Å². The van der Waals surface area contributed by atoms with Crippen LogP contribution in [0.5, 0.6) is 0 Å². The summed E-state index contributed by atoms with van der Waals surface area (Å²) < 4.78 is 3.36. The minimum Gasteiger partial charge on any atom is -0.383 e. The highest BCUT2D eigenvalue weighted by Crippen LogP contribution is 2.21. The molecular weight excluding hydrogens is 336 g/mol. The lowest BCUT2D eigenvalue weighted by molar-refractivity contribution is 0.757. The fourth-order valence-electron chi connectivity index (χ4n) is 2.24. The van der Waals surface area contributed by atoms with Gasteiger partial charge in [0.05, 0.1) is 0 Å². The lowest BCUT2D eigenvalue weighted by atomic mass is 10.2. The van der Waals surface area contributed by atoms with E-state index in [0.717, 1.165) is 28.3 Å². The summed E-state index contributed by atoms with van der Waals surface area (Å²) in [6, 6.07) is 16.3. The van der Waals surface area contributed by atoms with Gasteiger partial charge in [0, 0.05) is 40.0 Å². The van der Waals surface area contributed by atoms with Crippen molar-refractivity contribution in [2.45, 2.75) is 6.54 Å². The molecule has 0 aliphatic carbocycles. The first-order valence-corrected chi connectivity index (χ1v) is 7.63. The molecule has 0 unspecified atom stereocenters. The third-order valence-corrected chi connectivity index (χ3v) is 4.01. The van der Waals surface area contributed by atoms with Gasteiger partial charge in [-0.05, 0) is 47.9 Å². The molecule has 0 aliphatic heterocycles. The minimum atomic E-state index is 0.761. The Bertz CT molecular complexity index is 719. The number of anilines is 1. The van der Waals surface area contributed by atoms with Crippen molar-refractivity contribution in [1.82, 2.24) is 4.57 Å². The van der Waals surface area contributed by atoms with E-state index in [1.54, 1.807) is 0 Å². The number of hydrogen-bond acceptors (Lipinski definition) is 1. The molecule has 0 saturated heterocycles. The van der Waals surface area contributed by atoms with Crippen LogP contribution in [-0.2, 0) is 6.54 Å². The van der Waals surface area contributed by atoms with Crippen LogP contribution in [0.2, 0.25) is 5.02 Å². The van der Waals surface area contributed by atoms with Crippen LogP contribution in [0.15, 0.2) is 59.2 Å². The predicted octanol–water partition coefficient (Wildman–Crippen LogP) is 5.17. The maximum atomic E-state index is 5.87. The fraction of sp³-hybridized carbons (Fsp3) is 0.125. The quantitative estimate of drug-likeness (QED) is 0.687. The topological polar surface area (TPSA) is 17.0 Å². The van der Waals surface area contributed by atoms with Gasteiger partial charge in [0.2, 0.25) is 0 Å². The van der Waals surface area contributed by atoms with Crippen LogP contribution in [0.4, 0.5) is 5.69 Å². The molecule has 20 heavy (non-hydrogen) atoms. The minimum absolute atomic E-state index is 0.761. The van der Waals surface area contributed by atoms with E-state index in [0.29, 0.717) is 0 Å². The van der Waals surface area contributed by atoms with Crippen LogP contribution >= 0.6 is 27.5 Å². The van der Waals surface area contributed by atoms with Crippen LogP contribution in [0.1, 0.15) is 0 Å². The van der Waals surface area contributed by atoms with Crippen molar-refractivity contribution in [3.8, 4) is 0 Å². The molecule has 0 saturated carbocycles. The standard InChI is InChI=1S/C16H14BrClN2/c17-13-2-1-12-7-9-20(16(12)11-13)10-8-19-15-5-3-14(18)4-6-15/h1-7,9,11,19H,8,10H2. The first-order chi connectivity index (χ1) is 9.72. The first-order valence-electron chi connectivity index (χ1n) is 6.46. The Morgan fingerprint density at radius 1 is 1.05 bits per heavy atom. The summed E-state index contributed by atoms with van der Waals surface area (Å²) in [5.41, 5.74) is 2.34. The Balaban J connectivity index is 1.68. The number of halogens is 2. The highest BCUT2D eigenvalue weighted by Gasteiger charge is 2.01. The van der Waals surface area contributed by atoms with Gasteiger partial charge in [0.15, 0.2) is 0 Å². The molecule has 1 N–H and O–H groups in total. The van der Waals surface area contributed by atoms with Crippen LogP contribution in [-0.4, -0.2) is 11.1 Å². The number of fused-ring (bicyclic) bond motifs is 1. The second kappa shape index (κ2) is 5.90. The maximum Gasteiger partial charge on any atom is 0.0492 e. The van der Waals surface area contributed by atoms with E-state index < -0.39 is 0 Å². The van der Waals surface area contributed by atoms with Gasteiger partial charge in [0.1, 0.15) is 0 Å². The Morgan fingerprint density at radius 3 is 2.65 bits per heavy atom. The van der Waals surface area contributed by atoms with Crippen LogP contribution < -0.4 is 5.32 Å². The second-order valence-electron chi connectivity index (χ2n) is 4.65. The smallest absolute Gasteiger partial charge is 0.0492 e. The van der Waals surface area contributed by atoms with Crippen LogP contribution in [0.3, 0.4) is 0 Å². The van der Waals surface area contributed by atoms with Gasteiger partial charge < -0.3 is 9.88 Å². The largest absolute Gasteiger partial charge is 0.383 e. The molecule has 0 spiro atoms. The Labute approximate surface area is 131 Å². The van der Waals surface area contributed by atoms with E-state index in [4.69, 9.17) is 11.6 Å². The van der Waals surface area contributed by atoms with Crippen molar-refractivity contribution >= 4 is 44.1 Å². The van der Waals surface area contributed by atoms with E-state index in [-0.39, 0.29) is 0 Å². The highest BCUT2D eigenvalue weighted by molar-refractivity contribution is 9.10. The molecule has 3 rings (SSSR count). The third-order valence-electron chi connectivity index (χ3n) is 3.26. The molecule has 0 radical (unpaired) electrons. The van der Waals surface area contributed by atoms with Gasteiger partial charge in [-0.1, -0.05) is 33.6 Å². The molecule has 102 valence electrons. The molecule has 2 nitrogen and oxygen atoms in total. The van der Waals surface area contributed by atoms with E-state index in [1.807, 2.05) is 24.3 Å². The average Bonchev–Trinajstić information content (AvgIpc) is 2.84. The Kier molecular flexibility index (Phi) is 3.99. The molecule has 0 fully saturated rings. The van der Waals surface area contributed by atoms with E-state index in [2.05, 4.69) is 56.3 Å². The molecular formula is C16H14BrClN2. The second-order valence-corrected chi connectivity index (χ2v) is 6.00. The molecule has 1 aromatic heterocycles. The van der Waals surface area contributed by atoms with Crippen molar-refractivity contribution in [3.63, 3.8) is 0 Å². The van der Waals surface area contributed by atoms with Gasteiger partial charge in [-0.25, -0.2) is 0 Å². The van der Waals surface area contributed by atoms with Crippen molar-refractivity contribution in [1.29, 1.82) is 0 Å². The number of nitrogens with zero attached hydrogens (tertiary/aromatic N) is 1. The van der Waals surface area contributed by atoms with Crippen molar-refractivity contribution in [2.75, 3.05) is 11.9 Å². The maximum absolute atomic E-state index is 5.87. The van der Waals surface area contributed by atoms with Crippen LogP contribution in [0.25, 0.3) is 10.9 Å². The molecule has 1 heterocycles. The van der Waals surface area contributed by atoms with Crippen molar-refractivity contribution in [2.24, 2.45) is 0 Å². The molecule has 0 atom stereocenters. The summed E-state index contributed by atoms with van der Waals surface area (Å²) in [5, 5.41) is 5.42. The number of aromatic nitrogens is 1. The number of rotatable bonds is 4. The first kappa shape index (κ1) is 13.5. The summed E-state index contributed by atoms with van der Waals surface area (Å²) in [5.74, 6) is 0. The zero-order chi connectivity index (χ0) is 13.9. The monoisotopic (exact) mass is 348 g/mol. The van der Waals surface area contributed by atoms with Crippen molar-refractivity contribution < 1.29 is 0 Å². The fourth-order valence-corrected chi connectivity index (χ4v) is 2.72. The number of hydrogen-bond donors (Lipinski definition) is 1. The zero-order valence-electron chi connectivity index (χ0n) is 10.8. The lowest BCUT2D eigenvalue weighted by Gasteiger charge is -2.09. The molecule has 0 amide bonds. The van der Waals surface area contributed by atoms with E-state index in [1.165, 1.54) is 10.9 Å². The summed E-state index contributed by atoms with van der Waals surface area (Å²) in [6.45, 7) is 1.79. The molecule has 3 aromatic rings. The van der Waals surface area contributed by atoms with Crippen LogP contribution in [0, 0.1) is 0 Å². The molecule has 0 aliphatic rings. The summed E-state index contributed by atoms with van der Waals surface area (Å²) in [7, 11) is 0. The third kappa shape index (κ3) is 3.00. The van der Waals surface area contributed by atoms with Gasteiger partial charge in [0.25, 0.3) is 0 Å².